The largest absolute Gasteiger partial charge is 0.495 e. The van der Waals surface area contributed by atoms with Crippen LogP contribution in [0.5, 0.6) is 11.5 Å². The van der Waals surface area contributed by atoms with Crippen LogP contribution in [0.2, 0.25) is 5.02 Å². The van der Waals surface area contributed by atoms with Gasteiger partial charge in [0.25, 0.3) is 0 Å². The SMILES string of the molecule is COc1ccc(-c2ccc(Cl)c(N)c2)c(OC)c1Br. The van der Waals surface area contributed by atoms with Crippen LogP contribution in [0, 0.1) is 0 Å². The monoisotopic (exact) mass is 341 g/mol. The van der Waals surface area contributed by atoms with Gasteiger partial charge in [-0.2, -0.15) is 0 Å². The lowest BCUT2D eigenvalue weighted by molar-refractivity contribution is 0.390. The van der Waals surface area contributed by atoms with Gasteiger partial charge in [-0.3, -0.25) is 0 Å². The summed E-state index contributed by atoms with van der Waals surface area (Å²) in [5.41, 5.74) is 8.22. The number of hydrogen-bond acceptors (Lipinski definition) is 3. The number of halogens is 2. The molecule has 3 nitrogen and oxygen atoms in total. The highest BCUT2D eigenvalue weighted by molar-refractivity contribution is 9.10. The van der Waals surface area contributed by atoms with Crippen LogP contribution < -0.4 is 15.2 Å². The van der Waals surface area contributed by atoms with E-state index in [9.17, 15) is 0 Å². The first-order chi connectivity index (χ1) is 9.08. The minimum Gasteiger partial charge on any atom is -0.495 e. The van der Waals surface area contributed by atoms with Crippen LogP contribution in [0.3, 0.4) is 0 Å². The van der Waals surface area contributed by atoms with Gasteiger partial charge in [0.1, 0.15) is 16.0 Å². The Morgan fingerprint density at radius 2 is 1.84 bits per heavy atom. The van der Waals surface area contributed by atoms with E-state index in [1.807, 2.05) is 24.3 Å². The summed E-state index contributed by atoms with van der Waals surface area (Å²) in [6.07, 6.45) is 0. The topological polar surface area (TPSA) is 44.5 Å². The fraction of sp³-hybridized carbons (Fsp3) is 0.143. The average molecular weight is 343 g/mol. The van der Waals surface area contributed by atoms with Crippen LogP contribution >= 0.6 is 27.5 Å². The van der Waals surface area contributed by atoms with E-state index in [2.05, 4.69) is 15.9 Å². The predicted octanol–water partition coefficient (Wildman–Crippen LogP) is 4.37. The summed E-state index contributed by atoms with van der Waals surface area (Å²) in [6.45, 7) is 0. The van der Waals surface area contributed by atoms with Gasteiger partial charge in [0.15, 0.2) is 0 Å². The Morgan fingerprint density at radius 3 is 2.42 bits per heavy atom. The summed E-state index contributed by atoms with van der Waals surface area (Å²) < 4.78 is 11.5. The Kier molecular flexibility index (Phi) is 4.22. The van der Waals surface area contributed by atoms with Crippen molar-refractivity contribution in [3.05, 3.63) is 39.8 Å². The highest BCUT2D eigenvalue weighted by atomic mass is 79.9. The molecule has 19 heavy (non-hydrogen) atoms. The molecule has 0 aromatic heterocycles. The molecule has 0 heterocycles. The number of rotatable bonds is 3. The van der Waals surface area contributed by atoms with Crippen LogP contribution in [0.25, 0.3) is 11.1 Å². The first-order valence-corrected chi connectivity index (χ1v) is 6.71. The summed E-state index contributed by atoms with van der Waals surface area (Å²) in [5.74, 6) is 1.41. The predicted molar refractivity (Wildman–Crippen MR) is 82.1 cm³/mol. The van der Waals surface area contributed by atoms with E-state index in [0.717, 1.165) is 15.6 Å². The van der Waals surface area contributed by atoms with Crippen molar-refractivity contribution in [2.24, 2.45) is 0 Å². The summed E-state index contributed by atoms with van der Waals surface area (Å²) in [6, 6.07) is 9.27. The fourth-order valence-corrected chi connectivity index (χ4v) is 2.62. The molecule has 0 unspecified atom stereocenters. The van der Waals surface area contributed by atoms with E-state index in [-0.39, 0.29) is 0 Å². The van der Waals surface area contributed by atoms with Gasteiger partial charge in [-0.1, -0.05) is 17.7 Å². The summed E-state index contributed by atoms with van der Waals surface area (Å²) in [7, 11) is 3.22. The number of anilines is 1. The maximum atomic E-state index is 5.94. The molecule has 0 aliphatic rings. The highest BCUT2D eigenvalue weighted by Gasteiger charge is 2.14. The van der Waals surface area contributed by atoms with Crippen LogP contribution in [-0.4, -0.2) is 14.2 Å². The van der Waals surface area contributed by atoms with Crippen molar-refractivity contribution in [3.8, 4) is 22.6 Å². The molecular weight excluding hydrogens is 330 g/mol. The molecule has 0 spiro atoms. The van der Waals surface area contributed by atoms with E-state index in [4.69, 9.17) is 26.8 Å². The fourth-order valence-electron chi connectivity index (χ4n) is 1.83. The molecule has 0 aliphatic carbocycles. The van der Waals surface area contributed by atoms with Crippen LogP contribution in [0.4, 0.5) is 5.69 Å². The molecule has 0 saturated carbocycles. The molecule has 2 aromatic carbocycles. The zero-order valence-corrected chi connectivity index (χ0v) is 12.9. The molecule has 0 radical (unpaired) electrons. The van der Waals surface area contributed by atoms with Crippen LogP contribution in [0.1, 0.15) is 0 Å². The lowest BCUT2D eigenvalue weighted by atomic mass is 10.0. The quantitative estimate of drug-likeness (QED) is 0.842. The molecule has 0 saturated heterocycles. The minimum absolute atomic E-state index is 0.535. The van der Waals surface area contributed by atoms with Gasteiger partial charge >= 0.3 is 0 Å². The molecule has 0 fully saturated rings. The summed E-state index contributed by atoms with van der Waals surface area (Å²) in [5, 5.41) is 0.537. The Balaban J connectivity index is 2.61. The number of ether oxygens (including phenoxy) is 2. The summed E-state index contributed by atoms with van der Waals surface area (Å²) >= 11 is 9.41. The van der Waals surface area contributed by atoms with E-state index in [1.165, 1.54) is 0 Å². The first kappa shape index (κ1) is 14.0. The van der Waals surface area contributed by atoms with E-state index < -0.39 is 0 Å². The van der Waals surface area contributed by atoms with E-state index in [0.29, 0.717) is 22.2 Å². The van der Waals surface area contributed by atoms with Crippen molar-refractivity contribution in [1.29, 1.82) is 0 Å². The number of methoxy groups -OCH3 is 2. The molecule has 100 valence electrons. The third kappa shape index (κ3) is 2.65. The maximum Gasteiger partial charge on any atom is 0.144 e. The molecule has 2 N–H and O–H groups in total. The Hall–Kier alpha value is -1.39. The third-order valence-corrected chi connectivity index (χ3v) is 3.89. The third-order valence-electron chi connectivity index (χ3n) is 2.79. The number of nitrogens with two attached hydrogens (primary N) is 1. The van der Waals surface area contributed by atoms with Gasteiger partial charge in [0, 0.05) is 5.56 Å². The normalized spacial score (nSPS) is 10.3. The Morgan fingerprint density at radius 1 is 1.11 bits per heavy atom. The molecule has 5 heteroatoms. The van der Waals surface area contributed by atoms with E-state index >= 15 is 0 Å². The first-order valence-electron chi connectivity index (χ1n) is 5.54. The molecule has 0 aliphatic heterocycles. The Labute approximate surface area is 125 Å². The van der Waals surface area contributed by atoms with Crippen molar-refractivity contribution in [1.82, 2.24) is 0 Å². The second-order valence-corrected chi connectivity index (χ2v) is 5.10. The van der Waals surface area contributed by atoms with Crippen LogP contribution in [-0.2, 0) is 0 Å². The van der Waals surface area contributed by atoms with Gasteiger partial charge in [0.2, 0.25) is 0 Å². The van der Waals surface area contributed by atoms with Gasteiger partial charge < -0.3 is 15.2 Å². The molecule has 2 aromatic rings. The number of benzene rings is 2. The molecular formula is C14H13BrClNO2. The van der Waals surface area contributed by atoms with E-state index in [1.54, 1.807) is 20.3 Å². The lowest BCUT2D eigenvalue weighted by Crippen LogP contribution is -1.94. The van der Waals surface area contributed by atoms with Crippen LogP contribution in [0.15, 0.2) is 34.8 Å². The lowest BCUT2D eigenvalue weighted by Gasteiger charge is -2.14. The minimum atomic E-state index is 0.535. The summed E-state index contributed by atoms with van der Waals surface area (Å²) in [4.78, 5) is 0. The number of hydrogen-bond donors (Lipinski definition) is 1. The standard InChI is InChI=1S/C14H13BrClNO2/c1-18-12-6-4-9(14(19-2)13(12)15)8-3-5-10(16)11(17)7-8/h3-7H,17H2,1-2H3. The number of nitrogen functional groups attached to an aromatic ring is 1. The second kappa shape index (κ2) is 5.72. The van der Waals surface area contributed by atoms with Gasteiger partial charge in [-0.25, -0.2) is 0 Å². The zero-order chi connectivity index (χ0) is 14.0. The zero-order valence-electron chi connectivity index (χ0n) is 10.5. The smallest absolute Gasteiger partial charge is 0.144 e. The van der Waals surface area contributed by atoms with Crippen molar-refractivity contribution in [2.45, 2.75) is 0 Å². The molecule has 0 bridgehead atoms. The molecule has 0 amide bonds. The molecule has 0 atom stereocenters. The van der Waals surface area contributed by atoms with Crippen molar-refractivity contribution < 1.29 is 9.47 Å². The molecule has 2 rings (SSSR count). The van der Waals surface area contributed by atoms with Gasteiger partial charge in [-0.15, -0.1) is 0 Å². The second-order valence-electron chi connectivity index (χ2n) is 3.90. The average Bonchev–Trinajstić information content (AvgIpc) is 2.41. The van der Waals surface area contributed by atoms with Crippen molar-refractivity contribution in [2.75, 3.05) is 20.0 Å². The van der Waals surface area contributed by atoms with Gasteiger partial charge in [0.05, 0.1) is 24.9 Å². The van der Waals surface area contributed by atoms with Crippen molar-refractivity contribution >= 4 is 33.2 Å². The maximum absolute atomic E-state index is 5.94. The Bertz CT molecular complexity index is 617. The van der Waals surface area contributed by atoms with Crippen molar-refractivity contribution in [3.63, 3.8) is 0 Å². The van der Waals surface area contributed by atoms with Gasteiger partial charge in [-0.05, 0) is 45.8 Å². The highest BCUT2D eigenvalue weighted by Crippen LogP contribution is 2.42.